The molecule has 0 spiro atoms. The highest BCUT2D eigenvalue weighted by Gasteiger charge is 2.07. The Balaban J connectivity index is 2.75. The van der Waals surface area contributed by atoms with Crippen molar-refractivity contribution in [2.45, 2.75) is 39.7 Å². The fourth-order valence-electron chi connectivity index (χ4n) is 1.62. The van der Waals surface area contributed by atoms with Gasteiger partial charge in [-0.2, -0.15) is 4.98 Å². The second-order valence-corrected chi connectivity index (χ2v) is 4.01. The lowest BCUT2D eigenvalue weighted by atomic mass is 10.1. The highest BCUT2D eigenvalue weighted by Crippen LogP contribution is 2.12. The van der Waals surface area contributed by atoms with Crippen molar-refractivity contribution in [2.24, 2.45) is 0 Å². The molecule has 0 aliphatic heterocycles. The molecule has 0 fully saturated rings. The second-order valence-electron chi connectivity index (χ2n) is 4.01. The molecule has 0 aliphatic rings. The Morgan fingerprint density at radius 3 is 2.71 bits per heavy atom. The molecule has 0 saturated carbocycles. The van der Waals surface area contributed by atoms with Crippen LogP contribution in [0.25, 0.3) is 0 Å². The Hall–Kier alpha value is -1.36. The van der Waals surface area contributed by atoms with Gasteiger partial charge in [-0.05, 0) is 26.7 Å². The fourth-order valence-corrected chi connectivity index (χ4v) is 1.62. The first-order valence-electron chi connectivity index (χ1n) is 6.16. The van der Waals surface area contributed by atoms with Gasteiger partial charge < -0.3 is 15.7 Å². The molecule has 3 N–H and O–H groups in total. The van der Waals surface area contributed by atoms with Crippen LogP contribution in [-0.4, -0.2) is 34.3 Å². The zero-order valence-corrected chi connectivity index (χ0v) is 10.8. The third-order valence-corrected chi connectivity index (χ3v) is 2.51. The second kappa shape index (κ2) is 7.06. The van der Waals surface area contributed by atoms with Gasteiger partial charge in [-0.25, -0.2) is 4.98 Å². The highest BCUT2D eigenvalue weighted by molar-refractivity contribution is 5.42. The van der Waals surface area contributed by atoms with E-state index in [0.717, 1.165) is 30.9 Å². The first-order valence-corrected chi connectivity index (χ1v) is 6.16. The number of aromatic nitrogens is 2. The van der Waals surface area contributed by atoms with Gasteiger partial charge in [-0.15, -0.1) is 0 Å². The van der Waals surface area contributed by atoms with Crippen LogP contribution in [0.1, 0.15) is 32.4 Å². The lowest BCUT2D eigenvalue weighted by Crippen LogP contribution is -2.21. The number of aliphatic hydroxyl groups excluding tert-OH is 1. The van der Waals surface area contributed by atoms with Gasteiger partial charge in [-0.1, -0.05) is 6.92 Å². The molecule has 0 aliphatic carbocycles. The Morgan fingerprint density at radius 2 is 2.12 bits per heavy atom. The molecular formula is C12H22N4O. The Bertz CT molecular complexity index is 343. The van der Waals surface area contributed by atoms with E-state index in [-0.39, 0.29) is 12.6 Å². The van der Waals surface area contributed by atoms with E-state index in [1.54, 1.807) is 0 Å². The number of aliphatic hydroxyl groups is 1. The monoisotopic (exact) mass is 238 g/mol. The number of nitrogens with zero attached hydrogens (tertiary/aromatic N) is 2. The van der Waals surface area contributed by atoms with Crippen molar-refractivity contribution in [3.8, 4) is 0 Å². The van der Waals surface area contributed by atoms with Crippen LogP contribution in [0, 0.1) is 6.92 Å². The molecule has 0 radical (unpaired) electrons. The zero-order valence-electron chi connectivity index (χ0n) is 10.8. The molecule has 1 rings (SSSR count). The summed E-state index contributed by atoms with van der Waals surface area (Å²) in [5.41, 5.74) is 0.928. The lowest BCUT2D eigenvalue weighted by Gasteiger charge is -2.17. The molecule has 1 aromatic heterocycles. The molecule has 0 bridgehead atoms. The van der Waals surface area contributed by atoms with Gasteiger partial charge in [0.1, 0.15) is 5.82 Å². The molecule has 5 heteroatoms. The molecule has 0 aromatic carbocycles. The first-order chi connectivity index (χ1) is 8.19. The van der Waals surface area contributed by atoms with Gasteiger partial charge >= 0.3 is 0 Å². The number of hydrogen-bond acceptors (Lipinski definition) is 5. The maximum absolute atomic E-state index is 8.95. The lowest BCUT2D eigenvalue weighted by molar-refractivity contribution is 0.278. The van der Waals surface area contributed by atoms with E-state index in [1.165, 1.54) is 0 Å². The number of rotatable bonds is 7. The van der Waals surface area contributed by atoms with Crippen molar-refractivity contribution < 1.29 is 5.11 Å². The largest absolute Gasteiger partial charge is 0.396 e. The predicted molar refractivity (Wildman–Crippen MR) is 70.3 cm³/mol. The number of aryl methyl sites for hydroxylation is 1. The van der Waals surface area contributed by atoms with E-state index in [2.05, 4.69) is 27.5 Å². The van der Waals surface area contributed by atoms with E-state index in [0.29, 0.717) is 5.95 Å². The molecule has 1 atom stereocenters. The van der Waals surface area contributed by atoms with Crippen molar-refractivity contribution in [1.82, 2.24) is 9.97 Å². The Labute approximate surface area is 103 Å². The summed E-state index contributed by atoms with van der Waals surface area (Å²) in [7, 11) is 0. The normalized spacial score (nSPS) is 12.2. The highest BCUT2D eigenvalue weighted by atomic mass is 16.3. The van der Waals surface area contributed by atoms with E-state index in [9.17, 15) is 0 Å². The van der Waals surface area contributed by atoms with Crippen LogP contribution >= 0.6 is 0 Å². The third-order valence-electron chi connectivity index (χ3n) is 2.51. The van der Waals surface area contributed by atoms with Crippen LogP contribution in [-0.2, 0) is 0 Å². The van der Waals surface area contributed by atoms with Crippen LogP contribution < -0.4 is 10.6 Å². The first kappa shape index (κ1) is 13.7. The summed E-state index contributed by atoms with van der Waals surface area (Å²) in [4.78, 5) is 8.67. The van der Waals surface area contributed by atoms with Gasteiger partial charge in [0.05, 0.1) is 0 Å². The Kier molecular flexibility index (Phi) is 5.69. The minimum Gasteiger partial charge on any atom is -0.396 e. The van der Waals surface area contributed by atoms with Crippen molar-refractivity contribution >= 4 is 11.8 Å². The molecule has 0 amide bonds. The Morgan fingerprint density at radius 1 is 1.35 bits per heavy atom. The van der Waals surface area contributed by atoms with Gasteiger partial charge in [0.2, 0.25) is 5.95 Å². The van der Waals surface area contributed by atoms with Crippen LogP contribution in [0.3, 0.4) is 0 Å². The maximum Gasteiger partial charge on any atom is 0.224 e. The third kappa shape index (κ3) is 4.56. The van der Waals surface area contributed by atoms with Crippen molar-refractivity contribution in [2.75, 3.05) is 23.8 Å². The van der Waals surface area contributed by atoms with Crippen molar-refractivity contribution in [1.29, 1.82) is 0 Å². The SMILES string of the molecule is CCNc1nc(C)cc(NC(CC)CCO)n1. The number of hydrogen-bond donors (Lipinski definition) is 3. The summed E-state index contributed by atoms with van der Waals surface area (Å²) in [6.07, 6.45) is 1.69. The number of nitrogens with one attached hydrogen (secondary N) is 2. The molecule has 5 nitrogen and oxygen atoms in total. The minimum atomic E-state index is 0.190. The topological polar surface area (TPSA) is 70.1 Å². The van der Waals surface area contributed by atoms with Crippen LogP contribution in [0.15, 0.2) is 6.07 Å². The minimum absolute atomic E-state index is 0.190. The summed E-state index contributed by atoms with van der Waals surface area (Å²) in [6, 6.07) is 2.17. The van der Waals surface area contributed by atoms with E-state index < -0.39 is 0 Å². The van der Waals surface area contributed by atoms with Crippen molar-refractivity contribution in [3.63, 3.8) is 0 Å². The summed E-state index contributed by atoms with van der Waals surface area (Å²) >= 11 is 0. The van der Waals surface area contributed by atoms with Gasteiger partial charge in [0.15, 0.2) is 0 Å². The standard InChI is InChI=1S/C12H22N4O/c1-4-10(6-7-17)15-11-8-9(3)14-12(16-11)13-5-2/h8,10,17H,4-7H2,1-3H3,(H2,13,14,15,16). The average Bonchev–Trinajstić information content (AvgIpc) is 2.28. The van der Waals surface area contributed by atoms with Gasteiger partial charge in [0.25, 0.3) is 0 Å². The van der Waals surface area contributed by atoms with Crippen molar-refractivity contribution in [3.05, 3.63) is 11.8 Å². The van der Waals surface area contributed by atoms with Crippen LogP contribution in [0.5, 0.6) is 0 Å². The smallest absolute Gasteiger partial charge is 0.224 e. The molecule has 17 heavy (non-hydrogen) atoms. The van der Waals surface area contributed by atoms with Gasteiger partial charge in [0, 0.05) is 31.0 Å². The summed E-state index contributed by atoms with van der Waals surface area (Å²) in [5, 5.41) is 15.4. The van der Waals surface area contributed by atoms with E-state index >= 15 is 0 Å². The quantitative estimate of drug-likeness (QED) is 0.675. The zero-order chi connectivity index (χ0) is 12.7. The average molecular weight is 238 g/mol. The van der Waals surface area contributed by atoms with E-state index in [4.69, 9.17) is 5.11 Å². The molecule has 1 unspecified atom stereocenters. The number of anilines is 2. The maximum atomic E-state index is 8.95. The summed E-state index contributed by atoms with van der Waals surface area (Å²) < 4.78 is 0. The van der Waals surface area contributed by atoms with Gasteiger partial charge in [-0.3, -0.25) is 0 Å². The van der Waals surface area contributed by atoms with Crippen LogP contribution in [0.4, 0.5) is 11.8 Å². The van der Waals surface area contributed by atoms with E-state index in [1.807, 2.05) is 19.9 Å². The molecule has 1 aromatic rings. The molecular weight excluding hydrogens is 216 g/mol. The summed E-state index contributed by atoms with van der Waals surface area (Å²) in [6.45, 7) is 7.04. The van der Waals surface area contributed by atoms with Crippen LogP contribution in [0.2, 0.25) is 0 Å². The molecule has 0 saturated heterocycles. The fraction of sp³-hybridized carbons (Fsp3) is 0.667. The molecule has 96 valence electrons. The predicted octanol–water partition coefficient (Wildman–Crippen LogP) is 1.79. The molecule has 1 heterocycles. The summed E-state index contributed by atoms with van der Waals surface area (Å²) in [5.74, 6) is 1.46.